The Hall–Kier alpha value is -0.870. The second-order valence-electron chi connectivity index (χ2n) is 4.96. The van der Waals surface area contributed by atoms with Gasteiger partial charge in [0.15, 0.2) is 0 Å². The molecular weight excluding hydrogens is 258 g/mol. The highest BCUT2D eigenvalue weighted by atomic mass is 32.2. The zero-order chi connectivity index (χ0) is 14.3. The largest absolute Gasteiger partial charge is 0.240 e. The molecule has 108 valence electrons. The minimum Gasteiger partial charge on any atom is -0.208 e. The van der Waals surface area contributed by atoms with E-state index in [0.717, 1.165) is 25.7 Å². The van der Waals surface area contributed by atoms with Crippen molar-refractivity contribution in [1.29, 1.82) is 0 Å². The zero-order valence-electron chi connectivity index (χ0n) is 12.1. The van der Waals surface area contributed by atoms with E-state index in [2.05, 4.69) is 18.6 Å². The molecule has 0 unspecified atom stereocenters. The van der Waals surface area contributed by atoms with Gasteiger partial charge in [-0.05, 0) is 30.9 Å². The fourth-order valence-electron chi connectivity index (χ4n) is 2.21. The smallest absolute Gasteiger partial charge is 0.208 e. The molecule has 0 heterocycles. The Morgan fingerprint density at radius 3 is 2.05 bits per heavy atom. The van der Waals surface area contributed by atoms with E-state index in [1.54, 1.807) is 24.3 Å². The molecule has 4 heteroatoms. The van der Waals surface area contributed by atoms with Crippen molar-refractivity contribution in [3.05, 3.63) is 30.3 Å². The molecule has 0 aliphatic heterocycles. The van der Waals surface area contributed by atoms with Crippen molar-refractivity contribution in [2.24, 2.45) is 5.92 Å². The summed E-state index contributed by atoms with van der Waals surface area (Å²) in [6, 6.07) is 8.60. The molecule has 1 rings (SSSR count). The number of benzene rings is 1. The Kier molecular flexibility index (Phi) is 6.52. The molecule has 0 saturated heterocycles. The van der Waals surface area contributed by atoms with Crippen LogP contribution in [0.3, 0.4) is 0 Å². The number of sulfonamides is 1. The lowest BCUT2D eigenvalue weighted by Crippen LogP contribution is -2.35. The molecule has 0 aromatic heterocycles. The molecule has 1 aromatic rings. The van der Waals surface area contributed by atoms with Crippen molar-refractivity contribution < 1.29 is 8.42 Å². The minimum atomic E-state index is -3.38. The molecule has 3 nitrogen and oxygen atoms in total. The Balaban J connectivity index is 2.75. The van der Waals surface area contributed by atoms with E-state index in [9.17, 15) is 8.42 Å². The van der Waals surface area contributed by atoms with Gasteiger partial charge in [-0.2, -0.15) is 0 Å². The standard InChI is InChI=1S/C15H25NO2S/c1-4-13(5-2)12-14(6-3)16-19(17,18)15-10-8-7-9-11-15/h7-11,13-14,16H,4-6,12H2,1-3H3/t14-/m1/s1. The predicted octanol–water partition coefficient (Wildman–Crippen LogP) is 3.57. The van der Waals surface area contributed by atoms with Crippen LogP contribution in [0.25, 0.3) is 0 Å². The molecule has 0 aliphatic carbocycles. The third kappa shape index (κ3) is 4.96. The fraction of sp³-hybridized carbons (Fsp3) is 0.600. The molecular formula is C15H25NO2S. The average molecular weight is 283 g/mol. The molecule has 1 N–H and O–H groups in total. The fourth-order valence-corrected chi connectivity index (χ4v) is 3.56. The summed E-state index contributed by atoms with van der Waals surface area (Å²) in [5.74, 6) is 0.587. The summed E-state index contributed by atoms with van der Waals surface area (Å²) in [7, 11) is -3.38. The number of hydrogen-bond acceptors (Lipinski definition) is 2. The highest BCUT2D eigenvalue weighted by molar-refractivity contribution is 7.89. The highest BCUT2D eigenvalue weighted by Crippen LogP contribution is 2.18. The molecule has 0 aliphatic rings. The lowest BCUT2D eigenvalue weighted by molar-refractivity contribution is 0.385. The zero-order valence-corrected chi connectivity index (χ0v) is 12.9. The van der Waals surface area contributed by atoms with Crippen LogP contribution in [0.15, 0.2) is 35.2 Å². The third-order valence-corrected chi connectivity index (χ3v) is 5.18. The lowest BCUT2D eigenvalue weighted by atomic mass is 9.94. The first-order chi connectivity index (χ1) is 9.03. The maximum absolute atomic E-state index is 12.2. The van der Waals surface area contributed by atoms with E-state index in [0.29, 0.717) is 10.8 Å². The second kappa shape index (κ2) is 7.65. The highest BCUT2D eigenvalue weighted by Gasteiger charge is 2.20. The average Bonchev–Trinajstić information content (AvgIpc) is 2.44. The lowest BCUT2D eigenvalue weighted by Gasteiger charge is -2.21. The molecule has 0 fully saturated rings. The van der Waals surface area contributed by atoms with Gasteiger partial charge in [-0.3, -0.25) is 0 Å². The second-order valence-corrected chi connectivity index (χ2v) is 6.67. The van der Waals surface area contributed by atoms with E-state index in [1.807, 2.05) is 13.0 Å². The van der Waals surface area contributed by atoms with Gasteiger partial charge in [0.25, 0.3) is 0 Å². The van der Waals surface area contributed by atoms with E-state index in [1.165, 1.54) is 0 Å². The predicted molar refractivity (Wildman–Crippen MR) is 79.5 cm³/mol. The Morgan fingerprint density at radius 1 is 1.00 bits per heavy atom. The van der Waals surface area contributed by atoms with Gasteiger partial charge in [0.2, 0.25) is 10.0 Å². The van der Waals surface area contributed by atoms with Crippen LogP contribution in [0, 0.1) is 5.92 Å². The number of rotatable bonds is 8. The van der Waals surface area contributed by atoms with Gasteiger partial charge in [0.05, 0.1) is 4.90 Å². The maximum atomic E-state index is 12.2. The minimum absolute atomic E-state index is 0.0232. The summed E-state index contributed by atoms with van der Waals surface area (Å²) in [6.45, 7) is 6.35. The number of hydrogen-bond donors (Lipinski definition) is 1. The first kappa shape index (κ1) is 16.2. The van der Waals surface area contributed by atoms with Crippen molar-refractivity contribution in [1.82, 2.24) is 4.72 Å². The maximum Gasteiger partial charge on any atom is 0.240 e. The van der Waals surface area contributed by atoms with Crippen molar-refractivity contribution >= 4 is 10.0 Å². The Labute approximate surface area is 117 Å². The molecule has 19 heavy (non-hydrogen) atoms. The van der Waals surface area contributed by atoms with Crippen LogP contribution in [0.4, 0.5) is 0 Å². The molecule has 0 bridgehead atoms. The molecule has 0 spiro atoms. The summed E-state index contributed by atoms with van der Waals surface area (Å²) >= 11 is 0. The van der Waals surface area contributed by atoms with Gasteiger partial charge in [0, 0.05) is 6.04 Å². The van der Waals surface area contributed by atoms with Crippen LogP contribution in [0.2, 0.25) is 0 Å². The van der Waals surface area contributed by atoms with E-state index >= 15 is 0 Å². The molecule has 1 aromatic carbocycles. The molecule has 0 radical (unpaired) electrons. The van der Waals surface area contributed by atoms with Crippen LogP contribution in [0.5, 0.6) is 0 Å². The summed E-state index contributed by atoms with van der Waals surface area (Å²) in [5, 5.41) is 0. The summed E-state index contributed by atoms with van der Waals surface area (Å²) in [6.07, 6.45) is 3.93. The van der Waals surface area contributed by atoms with E-state index in [-0.39, 0.29) is 6.04 Å². The van der Waals surface area contributed by atoms with Crippen molar-refractivity contribution in [3.63, 3.8) is 0 Å². The van der Waals surface area contributed by atoms with Crippen LogP contribution in [0.1, 0.15) is 46.5 Å². The summed E-state index contributed by atoms with van der Waals surface area (Å²) < 4.78 is 27.3. The van der Waals surface area contributed by atoms with Gasteiger partial charge in [-0.25, -0.2) is 13.1 Å². The third-order valence-electron chi connectivity index (χ3n) is 3.64. The van der Waals surface area contributed by atoms with E-state index in [4.69, 9.17) is 0 Å². The van der Waals surface area contributed by atoms with E-state index < -0.39 is 10.0 Å². The molecule has 0 saturated carbocycles. The number of nitrogens with one attached hydrogen (secondary N) is 1. The van der Waals surface area contributed by atoms with Gasteiger partial charge < -0.3 is 0 Å². The molecule has 1 atom stereocenters. The Morgan fingerprint density at radius 2 is 1.58 bits per heavy atom. The van der Waals surface area contributed by atoms with Crippen LogP contribution >= 0.6 is 0 Å². The normalized spacial score (nSPS) is 13.7. The monoisotopic (exact) mass is 283 g/mol. The Bertz CT molecular complexity index is 452. The van der Waals surface area contributed by atoms with Gasteiger partial charge in [-0.15, -0.1) is 0 Å². The quantitative estimate of drug-likeness (QED) is 0.792. The van der Waals surface area contributed by atoms with Crippen molar-refractivity contribution in [2.75, 3.05) is 0 Å². The summed E-state index contributed by atoms with van der Waals surface area (Å²) in [4.78, 5) is 0.345. The van der Waals surface area contributed by atoms with Crippen LogP contribution in [-0.4, -0.2) is 14.5 Å². The van der Waals surface area contributed by atoms with Crippen LogP contribution in [-0.2, 0) is 10.0 Å². The first-order valence-electron chi connectivity index (χ1n) is 7.10. The topological polar surface area (TPSA) is 46.2 Å². The van der Waals surface area contributed by atoms with Crippen LogP contribution < -0.4 is 4.72 Å². The van der Waals surface area contributed by atoms with Crippen molar-refractivity contribution in [3.8, 4) is 0 Å². The van der Waals surface area contributed by atoms with Crippen molar-refractivity contribution in [2.45, 2.75) is 57.4 Å². The first-order valence-corrected chi connectivity index (χ1v) is 8.59. The summed E-state index contributed by atoms with van der Waals surface area (Å²) in [5.41, 5.74) is 0. The van der Waals surface area contributed by atoms with Gasteiger partial charge in [-0.1, -0.05) is 51.8 Å². The molecule has 0 amide bonds. The van der Waals surface area contributed by atoms with Gasteiger partial charge in [0.1, 0.15) is 0 Å². The SMILES string of the molecule is CCC(CC)C[C@@H](CC)NS(=O)(=O)c1ccccc1. The van der Waals surface area contributed by atoms with Gasteiger partial charge >= 0.3 is 0 Å².